The van der Waals surface area contributed by atoms with Crippen molar-refractivity contribution in [3.63, 3.8) is 0 Å². The molecule has 0 fully saturated rings. The molecule has 0 bridgehead atoms. The van der Waals surface area contributed by atoms with Crippen molar-refractivity contribution in [2.45, 2.75) is 13.3 Å². The Hall–Kier alpha value is -3.21. The maximum atomic E-state index is 12.9. The number of benzene rings is 2. The zero-order chi connectivity index (χ0) is 18.4. The number of hydrogen-bond acceptors (Lipinski definition) is 3. The molecule has 1 amide bonds. The summed E-state index contributed by atoms with van der Waals surface area (Å²) in [5.41, 5.74) is 3.63. The van der Waals surface area contributed by atoms with Crippen molar-refractivity contribution in [3.8, 4) is 0 Å². The van der Waals surface area contributed by atoms with Gasteiger partial charge in [0.25, 0.3) is 5.91 Å². The highest BCUT2D eigenvalue weighted by Gasteiger charge is 2.06. The molecule has 4 nitrogen and oxygen atoms in total. The molecule has 132 valence electrons. The number of nitrogens with zero attached hydrogens (tertiary/aromatic N) is 1. The number of carbonyl (C=O) groups is 1. The zero-order valence-corrected chi connectivity index (χ0v) is 14.5. The van der Waals surface area contributed by atoms with Gasteiger partial charge < -0.3 is 10.6 Å². The predicted molar refractivity (Wildman–Crippen MR) is 102 cm³/mol. The quantitative estimate of drug-likeness (QED) is 0.692. The molecule has 3 rings (SSSR count). The first-order valence-electron chi connectivity index (χ1n) is 8.42. The van der Waals surface area contributed by atoms with E-state index in [1.165, 1.54) is 12.1 Å². The van der Waals surface area contributed by atoms with Crippen molar-refractivity contribution in [2.24, 2.45) is 0 Å². The van der Waals surface area contributed by atoms with E-state index in [0.29, 0.717) is 17.9 Å². The Bertz CT molecular complexity index is 859. The lowest BCUT2D eigenvalue weighted by molar-refractivity contribution is 0.102. The van der Waals surface area contributed by atoms with Crippen LogP contribution in [0.4, 0.5) is 15.9 Å². The average Bonchev–Trinajstić information content (AvgIpc) is 2.65. The van der Waals surface area contributed by atoms with Crippen LogP contribution >= 0.6 is 0 Å². The van der Waals surface area contributed by atoms with Crippen molar-refractivity contribution in [1.82, 2.24) is 4.98 Å². The predicted octanol–water partition coefficient (Wildman–Crippen LogP) is 4.44. The first kappa shape index (κ1) is 17.6. The molecule has 0 radical (unpaired) electrons. The molecule has 0 aliphatic heterocycles. The van der Waals surface area contributed by atoms with Gasteiger partial charge in [-0.1, -0.05) is 29.8 Å². The van der Waals surface area contributed by atoms with Gasteiger partial charge in [0.2, 0.25) is 0 Å². The van der Waals surface area contributed by atoms with Crippen molar-refractivity contribution in [1.29, 1.82) is 0 Å². The molecule has 0 aliphatic rings. The summed E-state index contributed by atoms with van der Waals surface area (Å²) in [4.78, 5) is 16.4. The molecule has 1 heterocycles. The van der Waals surface area contributed by atoms with Crippen LogP contribution in [-0.2, 0) is 6.42 Å². The van der Waals surface area contributed by atoms with E-state index in [1.807, 2.05) is 25.1 Å². The lowest BCUT2D eigenvalue weighted by Gasteiger charge is -2.08. The molecule has 2 N–H and O–H groups in total. The van der Waals surface area contributed by atoms with E-state index in [2.05, 4.69) is 15.6 Å². The fourth-order valence-electron chi connectivity index (χ4n) is 2.47. The molecule has 0 saturated carbocycles. The Labute approximate surface area is 152 Å². The van der Waals surface area contributed by atoms with Crippen LogP contribution in [0.5, 0.6) is 0 Å². The average molecular weight is 349 g/mol. The van der Waals surface area contributed by atoms with Gasteiger partial charge in [-0.05, 0) is 55.3 Å². The molecular formula is C21H20FN3O. The molecule has 0 spiro atoms. The van der Waals surface area contributed by atoms with E-state index in [0.717, 1.165) is 23.2 Å². The lowest BCUT2D eigenvalue weighted by Crippen LogP contribution is -2.13. The zero-order valence-electron chi connectivity index (χ0n) is 14.5. The number of nitrogens with one attached hydrogen (secondary N) is 2. The second-order valence-electron chi connectivity index (χ2n) is 6.06. The third-order valence-corrected chi connectivity index (χ3v) is 3.97. The Morgan fingerprint density at radius 1 is 1.00 bits per heavy atom. The van der Waals surface area contributed by atoms with Crippen LogP contribution in [0, 0.1) is 12.7 Å². The maximum absolute atomic E-state index is 12.9. The molecule has 0 unspecified atom stereocenters. The smallest absolute Gasteiger partial charge is 0.256 e. The molecular weight excluding hydrogens is 329 g/mol. The summed E-state index contributed by atoms with van der Waals surface area (Å²) in [6, 6.07) is 17.5. The number of aromatic nitrogens is 1. The molecule has 26 heavy (non-hydrogen) atoms. The fourth-order valence-corrected chi connectivity index (χ4v) is 2.47. The Balaban J connectivity index is 1.50. The summed E-state index contributed by atoms with van der Waals surface area (Å²) in [6.07, 6.45) is 2.46. The maximum Gasteiger partial charge on any atom is 0.256 e. The number of pyridine rings is 1. The number of carbonyl (C=O) groups excluding carboxylic acids is 1. The number of aryl methyl sites for hydroxylation is 1. The van der Waals surface area contributed by atoms with E-state index in [-0.39, 0.29) is 11.7 Å². The molecule has 0 aliphatic carbocycles. The Morgan fingerprint density at radius 2 is 1.73 bits per heavy atom. The topological polar surface area (TPSA) is 54.0 Å². The van der Waals surface area contributed by atoms with Crippen LogP contribution in [-0.4, -0.2) is 17.4 Å². The van der Waals surface area contributed by atoms with Crippen molar-refractivity contribution >= 4 is 17.4 Å². The summed E-state index contributed by atoms with van der Waals surface area (Å²) in [7, 11) is 0. The van der Waals surface area contributed by atoms with Crippen LogP contribution in [0.25, 0.3) is 0 Å². The molecule has 3 aromatic rings. The van der Waals surface area contributed by atoms with E-state index < -0.39 is 0 Å². The van der Waals surface area contributed by atoms with Gasteiger partial charge in [-0.25, -0.2) is 9.37 Å². The lowest BCUT2D eigenvalue weighted by atomic mass is 10.1. The van der Waals surface area contributed by atoms with E-state index >= 15 is 0 Å². The minimum atomic E-state index is -0.228. The van der Waals surface area contributed by atoms with Crippen molar-refractivity contribution in [3.05, 3.63) is 89.4 Å². The molecule has 2 aromatic carbocycles. The highest BCUT2D eigenvalue weighted by atomic mass is 19.1. The first-order valence-corrected chi connectivity index (χ1v) is 8.42. The van der Waals surface area contributed by atoms with E-state index in [9.17, 15) is 9.18 Å². The van der Waals surface area contributed by atoms with Crippen LogP contribution in [0.15, 0.2) is 66.9 Å². The molecule has 0 saturated heterocycles. The van der Waals surface area contributed by atoms with Gasteiger partial charge in [0, 0.05) is 12.1 Å². The summed E-state index contributed by atoms with van der Waals surface area (Å²) >= 11 is 0. The standard InChI is InChI=1S/C21H20FN3O/c1-15-2-6-17(7-3-15)21(26)25-20-11-10-19(14-24-20)23-13-12-16-4-8-18(22)9-5-16/h2-11,14,23H,12-13H2,1H3,(H,24,25,26). The van der Waals surface area contributed by atoms with Crippen LogP contribution in [0.1, 0.15) is 21.5 Å². The monoisotopic (exact) mass is 349 g/mol. The third-order valence-electron chi connectivity index (χ3n) is 3.97. The highest BCUT2D eigenvalue weighted by molar-refractivity contribution is 6.03. The normalized spacial score (nSPS) is 10.4. The van der Waals surface area contributed by atoms with Gasteiger partial charge in [-0.15, -0.1) is 0 Å². The molecule has 1 aromatic heterocycles. The van der Waals surface area contributed by atoms with Crippen LogP contribution < -0.4 is 10.6 Å². The summed E-state index contributed by atoms with van der Waals surface area (Å²) < 4.78 is 12.9. The van der Waals surface area contributed by atoms with Crippen molar-refractivity contribution in [2.75, 3.05) is 17.2 Å². The number of amides is 1. The third kappa shape index (κ3) is 4.89. The van der Waals surface area contributed by atoms with E-state index in [1.54, 1.807) is 36.5 Å². The van der Waals surface area contributed by atoms with Crippen LogP contribution in [0.3, 0.4) is 0 Å². The summed E-state index contributed by atoms with van der Waals surface area (Å²) in [5, 5.41) is 6.04. The Morgan fingerprint density at radius 3 is 2.38 bits per heavy atom. The highest BCUT2D eigenvalue weighted by Crippen LogP contribution is 2.12. The second kappa shape index (κ2) is 8.25. The second-order valence-corrected chi connectivity index (χ2v) is 6.06. The SMILES string of the molecule is Cc1ccc(C(=O)Nc2ccc(NCCc3ccc(F)cc3)cn2)cc1. The van der Waals surface area contributed by atoms with Gasteiger partial charge in [0.1, 0.15) is 11.6 Å². The summed E-state index contributed by atoms with van der Waals surface area (Å²) in [5.74, 6) is 0.0864. The van der Waals surface area contributed by atoms with Crippen molar-refractivity contribution < 1.29 is 9.18 Å². The van der Waals surface area contributed by atoms with Gasteiger partial charge >= 0.3 is 0 Å². The van der Waals surface area contributed by atoms with Gasteiger partial charge in [-0.3, -0.25) is 4.79 Å². The van der Waals surface area contributed by atoms with Gasteiger partial charge in [-0.2, -0.15) is 0 Å². The number of rotatable bonds is 6. The number of anilines is 2. The fraction of sp³-hybridized carbons (Fsp3) is 0.143. The van der Waals surface area contributed by atoms with Gasteiger partial charge in [0.15, 0.2) is 0 Å². The first-order chi connectivity index (χ1) is 12.6. The molecule has 5 heteroatoms. The largest absolute Gasteiger partial charge is 0.383 e. The number of halogens is 1. The minimum Gasteiger partial charge on any atom is -0.383 e. The van der Waals surface area contributed by atoms with Crippen LogP contribution in [0.2, 0.25) is 0 Å². The number of hydrogen-bond donors (Lipinski definition) is 2. The van der Waals surface area contributed by atoms with Gasteiger partial charge in [0.05, 0.1) is 11.9 Å². The summed E-state index contributed by atoms with van der Waals surface area (Å²) in [6.45, 7) is 2.69. The minimum absolute atomic E-state index is 0.186. The Kier molecular flexibility index (Phi) is 5.59. The molecule has 0 atom stereocenters. The van der Waals surface area contributed by atoms with E-state index in [4.69, 9.17) is 0 Å².